The molecule has 1 aromatic carbocycles. The molecular weight excluding hydrogens is 206 g/mol. The second-order valence-corrected chi connectivity index (χ2v) is 3.16. The Labute approximate surface area is 92.2 Å². The number of amides is 2. The SMILES string of the molecule is NC(=O)Nc1ccc(Oc2cc[nH]c2)cc1. The molecule has 2 amide bonds. The zero-order valence-electron chi connectivity index (χ0n) is 8.44. The Kier molecular flexibility index (Phi) is 2.77. The number of hydrogen-bond donors (Lipinski definition) is 3. The third-order valence-corrected chi connectivity index (χ3v) is 1.93. The molecule has 2 aromatic rings. The van der Waals surface area contributed by atoms with Crippen molar-refractivity contribution in [3.05, 3.63) is 42.7 Å². The minimum Gasteiger partial charge on any atom is -0.456 e. The maximum absolute atomic E-state index is 10.6. The summed E-state index contributed by atoms with van der Waals surface area (Å²) in [6.45, 7) is 0. The normalized spacial score (nSPS) is 9.75. The molecule has 0 fully saturated rings. The van der Waals surface area contributed by atoms with E-state index in [-0.39, 0.29) is 0 Å². The maximum Gasteiger partial charge on any atom is 0.316 e. The fourth-order valence-electron chi connectivity index (χ4n) is 1.26. The molecule has 82 valence electrons. The summed E-state index contributed by atoms with van der Waals surface area (Å²) >= 11 is 0. The molecule has 0 atom stereocenters. The number of rotatable bonds is 3. The summed E-state index contributed by atoms with van der Waals surface area (Å²) in [5, 5.41) is 2.47. The number of anilines is 1. The lowest BCUT2D eigenvalue weighted by Gasteiger charge is -2.05. The predicted molar refractivity (Wildman–Crippen MR) is 60.5 cm³/mol. The summed E-state index contributed by atoms with van der Waals surface area (Å²) in [4.78, 5) is 13.5. The van der Waals surface area contributed by atoms with Gasteiger partial charge in [0.05, 0.1) is 0 Å². The summed E-state index contributed by atoms with van der Waals surface area (Å²) in [6.07, 6.45) is 3.52. The molecule has 0 saturated carbocycles. The molecule has 1 aromatic heterocycles. The molecule has 0 aliphatic rings. The van der Waals surface area contributed by atoms with Gasteiger partial charge in [0.1, 0.15) is 11.5 Å². The molecule has 0 aliphatic carbocycles. The summed E-state index contributed by atoms with van der Waals surface area (Å²) in [6, 6.07) is 8.16. The largest absolute Gasteiger partial charge is 0.456 e. The minimum atomic E-state index is -0.584. The van der Waals surface area contributed by atoms with Crippen molar-refractivity contribution in [2.45, 2.75) is 0 Å². The minimum absolute atomic E-state index is 0.584. The number of nitrogens with two attached hydrogens (primary N) is 1. The number of carbonyl (C=O) groups is 1. The van der Waals surface area contributed by atoms with E-state index >= 15 is 0 Å². The van der Waals surface area contributed by atoms with E-state index in [1.807, 2.05) is 6.07 Å². The highest BCUT2D eigenvalue weighted by Crippen LogP contribution is 2.22. The first kappa shape index (κ1) is 10.1. The third kappa shape index (κ3) is 2.54. The number of H-pyrrole nitrogens is 1. The topological polar surface area (TPSA) is 80.1 Å². The Bertz CT molecular complexity index is 462. The number of primary amides is 1. The van der Waals surface area contributed by atoms with Gasteiger partial charge >= 0.3 is 6.03 Å². The molecule has 2 rings (SSSR count). The molecule has 0 saturated heterocycles. The number of aromatic amines is 1. The quantitative estimate of drug-likeness (QED) is 0.737. The smallest absolute Gasteiger partial charge is 0.316 e. The van der Waals surface area contributed by atoms with E-state index in [2.05, 4.69) is 10.3 Å². The Morgan fingerprint density at radius 3 is 2.50 bits per heavy atom. The van der Waals surface area contributed by atoms with Gasteiger partial charge < -0.3 is 20.8 Å². The lowest BCUT2D eigenvalue weighted by molar-refractivity contribution is 0.259. The van der Waals surface area contributed by atoms with Gasteiger partial charge in [-0.1, -0.05) is 0 Å². The van der Waals surface area contributed by atoms with Crippen LogP contribution in [0.3, 0.4) is 0 Å². The zero-order chi connectivity index (χ0) is 11.4. The first-order valence-electron chi connectivity index (χ1n) is 4.71. The Hall–Kier alpha value is -2.43. The first-order chi connectivity index (χ1) is 7.74. The van der Waals surface area contributed by atoms with Crippen molar-refractivity contribution in [2.75, 3.05) is 5.32 Å². The van der Waals surface area contributed by atoms with Gasteiger partial charge in [0.2, 0.25) is 0 Å². The molecule has 0 bridgehead atoms. The van der Waals surface area contributed by atoms with Crippen LogP contribution in [-0.2, 0) is 0 Å². The highest BCUT2D eigenvalue weighted by atomic mass is 16.5. The van der Waals surface area contributed by atoms with Crippen LogP contribution in [0.1, 0.15) is 0 Å². The van der Waals surface area contributed by atoms with Gasteiger partial charge in [-0.3, -0.25) is 0 Å². The molecular formula is C11H11N3O2. The third-order valence-electron chi connectivity index (χ3n) is 1.93. The Morgan fingerprint density at radius 2 is 1.94 bits per heavy atom. The van der Waals surface area contributed by atoms with Crippen LogP contribution < -0.4 is 15.8 Å². The van der Waals surface area contributed by atoms with E-state index < -0.39 is 6.03 Å². The summed E-state index contributed by atoms with van der Waals surface area (Å²) in [5.41, 5.74) is 5.62. The highest BCUT2D eigenvalue weighted by molar-refractivity contribution is 5.87. The molecule has 0 radical (unpaired) electrons. The van der Waals surface area contributed by atoms with E-state index in [0.29, 0.717) is 11.4 Å². The first-order valence-corrected chi connectivity index (χ1v) is 4.71. The number of urea groups is 1. The predicted octanol–water partition coefficient (Wildman–Crippen LogP) is 2.30. The van der Waals surface area contributed by atoms with Crippen molar-refractivity contribution in [1.82, 2.24) is 4.98 Å². The fourth-order valence-corrected chi connectivity index (χ4v) is 1.26. The van der Waals surface area contributed by atoms with Gasteiger partial charge in [-0.05, 0) is 30.3 Å². The molecule has 4 N–H and O–H groups in total. The standard InChI is InChI=1S/C11H11N3O2/c12-11(15)14-8-1-3-9(4-2-8)16-10-5-6-13-7-10/h1-7,13H,(H3,12,14,15). The van der Waals surface area contributed by atoms with Crippen molar-refractivity contribution in [1.29, 1.82) is 0 Å². The van der Waals surface area contributed by atoms with Crippen molar-refractivity contribution in [3.63, 3.8) is 0 Å². The van der Waals surface area contributed by atoms with Crippen molar-refractivity contribution >= 4 is 11.7 Å². The number of benzene rings is 1. The second-order valence-electron chi connectivity index (χ2n) is 3.16. The van der Waals surface area contributed by atoms with Gasteiger partial charge in [0.25, 0.3) is 0 Å². The van der Waals surface area contributed by atoms with Crippen molar-refractivity contribution in [2.24, 2.45) is 5.73 Å². The average molecular weight is 217 g/mol. The van der Waals surface area contributed by atoms with Crippen LogP contribution in [0.15, 0.2) is 42.7 Å². The van der Waals surface area contributed by atoms with Gasteiger partial charge in [0, 0.05) is 18.1 Å². The monoisotopic (exact) mass is 217 g/mol. The van der Waals surface area contributed by atoms with E-state index in [0.717, 1.165) is 5.75 Å². The number of aromatic nitrogens is 1. The zero-order valence-corrected chi connectivity index (χ0v) is 8.44. The van der Waals surface area contributed by atoms with Crippen LogP contribution >= 0.6 is 0 Å². The van der Waals surface area contributed by atoms with Crippen LogP contribution in [0.25, 0.3) is 0 Å². The van der Waals surface area contributed by atoms with Crippen molar-refractivity contribution in [3.8, 4) is 11.5 Å². The van der Waals surface area contributed by atoms with Crippen LogP contribution in [0.4, 0.5) is 10.5 Å². The molecule has 0 spiro atoms. The fraction of sp³-hybridized carbons (Fsp3) is 0. The molecule has 5 nitrogen and oxygen atoms in total. The van der Waals surface area contributed by atoms with E-state index in [1.54, 1.807) is 36.7 Å². The lowest BCUT2D eigenvalue weighted by atomic mass is 10.3. The molecule has 0 aliphatic heterocycles. The summed E-state index contributed by atoms with van der Waals surface area (Å²) in [7, 11) is 0. The van der Waals surface area contributed by atoms with Crippen LogP contribution in [0, 0.1) is 0 Å². The van der Waals surface area contributed by atoms with Crippen molar-refractivity contribution < 1.29 is 9.53 Å². The molecule has 5 heteroatoms. The average Bonchev–Trinajstić information content (AvgIpc) is 2.73. The van der Waals surface area contributed by atoms with Gasteiger partial charge in [0.15, 0.2) is 0 Å². The van der Waals surface area contributed by atoms with Crippen LogP contribution in [0.5, 0.6) is 11.5 Å². The van der Waals surface area contributed by atoms with E-state index in [9.17, 15) is 4.79 Å². The number of hydrogen-bond acceptors (Lipinski definition) is 2. The van der Waals surface area contributed by atoms with E-state index in [4.69, 9.17) is 10.5 Å². The maximum atomic E-state index is 10.6. The number of nitrogens with one attached hydrogen (secondary N) is 2. The number of ether oxygens (including phenoxy) is 1. The summed E-state index contributed by atoms with van der Waals surface area (Å²) in [5.74, 6) is 1.42. The van der Waals surface area contributed by atoms with E-state index in [1.165, 1.54) is 0 Å². The lowest BCUT2D eigenvalue weighted by Crippen LogP contribution is -2.19. The summed E-state index contributed by atoms with van der Waals surface area (Å²) < 4.78 is 5.50. The molecule has 16 heavy (non-hydrogen) atoms. The van der Waals surface area contributed by atoms with Gasteiger partial charge in [-0.15, -0.1) is 0 Å². The van der Waals surface area contributed by atoms with Crippen LogP contribution in [0.2, 0.25) is 0 Å². The second kappa shape index (κ2) is 4.39. The number of carbonyl (C=O) groups excluding carboxylic acids is 1. The Balaban J connectivity index is 2.05. The van der Waals surface area contributed by atoms with Gasteiger partial charge in [-0.25, -0.2) is 4.79 Å². The highest BCUT2D eigenvalue weighted by Gasteiger charge is 1.99. The Morgan fingerprint density at radius 1 is 1.19 bits per heavy atom. The molecule has 1 heterocycles. The van der Waals surface area contributed by atoms with Crippen LogP contribution in [-0.4, -0.2) is 11.0 Å². The molecule has 0 unspecified atom stereocenters. The van der Waals surface area contributed by atoms with Gasteiger partial charge in [-0.2, -0.15) is 0 Å².